The summed E-state index contributed by atoms with van der Waals surface area (Å²) in [4.78, 5) is 48.5. The molecule has 0 radical (unpaired) electrons. The zero-order valence-corrected chi connectivity index (χ0v) is 21.5. The molecule has 2 aliphatic rings. The molecule has 186 valence electrons. The van der Waals surface area contributed by atoms with E-state index in [0.717, 1.165) is 31.7 Å². The molecule has 2 aromatic rings. The number of carbonyl (C=O) groups is 2. The predicted octanol–water partition coefficient (Wildman–Crippen LogP) is 2.60. The zero-order chi connectivity index (χ0) is 25.1. The first-order valence-electron chi connectivity index (χ1n) is 11.7. The summed E-state index contributed by atoms with van der Waals surface area (Å²) in [6, 6.07) is 3.76. The molecule has 11 heteroatoms. The molecule has 4 heterocycles. The molecule has 9 nitrogen and oxygen atoms in total. The minimum atomic E-state index is -0.819. The van der Waals surface area contributed by atoms with E-state index in [0.29, 0.717) is 52.1 Å². The number of thiocarbonyl (C=S) groups is 1. The summed E-state index contributed by atoms with van der Waals surface area (Å²) in [6.45, 7) is 5.55. The summed E-state index contributed by atoms with van der Waals surface area (Å²) in [5.74, 6) is -0.456. The number of amides is 1. The summed E-state index contributed by atoms with van der Waals surface area (Å²) in [5, 5.41) is 8.78. The second-order valence-corrected chi connectivity index (χ2v) is 10.6. The number of aliphatic carboxylic acids is 1. The normalized spacial score (nSPS) is 18.3. The molecule has 2 aliphatic heterocycles. The lowest BCUT2D eigenvalue weighted by Crippen LogP contribution is -2.45. The SMILES string of the molecule is Cc1ccc2nc(N3CCN(C)CC3)c(/C=C3\SC(=S)N(CCCCCC(=O)O)C3=O)c(=O)n2c1. The van der Waals surface area contributed by atoms with Crippen LogP contribution in [0.4, 0.5) is 5.82 Å². The van der Waals surface area contributed by atoms with Crippen molar-refractivity contribution in [2.24, 2.45) is 0 Å². The molecule has 0 aliphatic carbocycles. The lowest BCUT2D eigenvalue weighted by molar-refractivity contribution is -0.137. The van der Waals surface area contributed by atoms with Gasteiger partial charge in [-0.15, -0.1) is 0 Å². The van der Waals surface area contributed by atoms with Gasteiger partial charge >= 0.3 is 5.97 Å². The number of carboxylic acids is 1. The maximum atomic E-state index is 13.6. The van der Waals surface area contributed by atoms with Gasteiger partial charge in [-0.05, 0) is 44.5 Å². The quantitative estimate of drug-likeness (QED) is 0.323. The smallest absolute Gasteiger partial charge is 0.303 e. The second kappa shape index (κ2) is 10.9. The van der Waals surface area contributed by atoms with Gasteiger partial charge in [0.2, 0.25) is 0 Å². The van der Waals surface area contributed by atoms with E-state index in [2.05, 4.69) is 16.8 Å². The number of anilines is 1. The standard InChI is InChI=1S/C24H29N5O4S2/c1-16-7-8-19-25-21(27-12-10-26(2)11-13-27)17(22(32)29(19)15-16)14-18-23(33)28(24(34)35-18)9-5-3-4-6-20(30)31/h7-8,14-15H,3-6,9-13H2,1-2H3,(H,30,31)/b18-14-. The number of aromatic nitrogens is 2. The van der Waals surface area contributed by atoms with Crippen LogP contribution in [0.25, 0.3) is 11.7 Å². The number of aryl methyl sites for hydroxylation is 1. The Bertz CT molecular complexity index is 1250. The summed E-state index contributed by atoms with van der Waals surface area (Å²) >= 11 is 6.64. The number of nitrogens with zero attached hydrogens (tertiary/aromatic N) is 5. The molecule has 0 unspecified atom stereocenters. The highest BCUT2D eigenvalue weighted by Crippen LogP contribution is 2.34. The summed E-state index contributed by atoms with van der Waals surface area (Å²) < 4.78 is 1.98. The van der Waals surface area contributed by atoms with Crippen molar-refractivity contribution in [2.75, 3.05) is 44.7 Å². The van der Waals surface area contributed by atoms with Crippen molar-refractivity contribution >= 4 is 57.7 Å². The summed E-state index contributed by atoms with van der Waals surface area (Å²) in [5.41, 5.74) is 1.68. The van der Waals surface area contributed by atoms with Gasteiger partial charge in [0.05, 0.1) is 10.5 Å². The Morgan fingerprint density at radius 1 is 1.17 bits per heavy atom. The lowest BCUT2D eigenvalue weighted by atomic mass is 10.2. The van der Waals surface area contributed by atoms with Gasteiger partial charge in [0, 0.05) is 45.3 Å². The van der Waals surface area contributed by atoms with Crippen LogP contribution in [0.1, 0.15) is 36.8 Å². The maximum Gasteiger partial charge on any atom is 0.303 e. The second-order valence-electron chi connectivity index (χ2n) is 8.92. The van der Waals surface area contributed by atoms with Gasteiger partial charge in [0.1, 0.15) is 15.8 Å². The van der Waals surface area contributed by atoms with Gasteiger partial charge in [-0.2, -0.15) is 0 Å². The van der Waals surface area contributed by atoms with E-state index in [9.17, 15) is 14.4 Å². The first-order chi connectivity index (χ1) is 16.7. The fourth-order valence-corrected chi connectivity index (χ4v) is 5.47. The number of hydrogen-bond acceptors (Lipinski definition) is 8. The number of piperazine rings is 1. The number of fused-ring (bicyclic) bond motifs is 1. The number of thioether (sulfide) groups is 1. The largest absolute Gasteiger partial charge is 0.481 e. The fourth-order valence-electron chi connectivity index (χ4n) is 4.18. The minimum Gasteiger partial charge on any atom is -0.481 e. The van der Waals surface area contributed by atoms with Gasteiger partial charge < -0.3 is 14.9 Å². The Morgan fingerprint density at radius 2 is 1.91 bits per heavy atom. The van der Waals surface area contributed by atoms with Crippen molar-refractivity contribution in [3.05, 3.63) is 44.7 Å². The van der Waals surface area contributed by atoms with Gasteiger partial charge in [0.15, 0.2) is 0 Å². The van der Waals surface area contributed by atoms with Gasteiger partial charge in [-0.25, -0.2) is 4.98 Å². The highest BCUT2D eigenvalue weighted by molar-refractivity contribution is 8.26. The van der Waals surface area contributed by atoms with Crippen LogP contribution in [0.15, 0.2) is 28.0 Å². The highest BCUT2D eigenvalue weighted by Gasteiger charge is 2.32. The number of carbonyl (C=O) groups excluding carboxylic acids is 1. The summed E-state index contributed by atoms with van der Waals surface area (Å²) in [7, 11) is 2.07. The molecule has 2 aromatic heterocycles. The Labute approximate surface area is 213 Å². The van der Waals surface area contributed by atoms with Gasteiger partial charge in [-0.3, -0.25) is 23.7 Å². The monoisotopic (exact) mass is 515 g/mol. The van der Waals surface area contributed by atoms with Crippen LogP contribution in [0.2, 0.25) is 0 Å². The van der Waals surface area contributed by atoms with E-state index in [1.54, 1.807) is 17.2 Å². The van der Waals surface area contributed by atoms with Crippen molar-refractivity contribution in [3.63, 3.8) is 0 Å². The van der Waals surface area contributed by atoms with Crippen LogP contribution in [0.5, 0.6) is 0 Å². The molecule has 0 spiro atoms. The van der Waals surface area contributed by atoms with Crippen LogP contribution < -0.4 is 10.5 Å². The number of rotatable bonds is 8. The Kier molecular flexibility index (Phi) is 7.88. The number of likely N-dealkylation sites (N-methyl/N-ethyl adjacent to an activating group) is 1. The lowest BCUT2D eigenvalue weighted by Gasteiger charge is -2.34. The fraction of sp³-hybridized carbons (Fsp3) is 0.458. The number of carboxylic acid groups (broad SMARTS) is 1. The zero-order valence-electron chi connectivity index (χ0n) is 19.9. The molecule has 0 atom stereocenters. The third-order valence-corrected chi connectivity index (χ3v) is 7.59. The van der Waals surface area contributed by atoms with Crippen molar-refractivity contribution in [1.29, 1.82) is 0 Å². The van der Waals surface area contributed by atoms with Crippen LogP contribution in [0.3, 0.4) is 0 Å². The molecule has 1 N–H and O–H groups in total. The van der Waals surface area contributed by atoms with Gasteiger partial charge in [0.25, 0.3) is 11.5 Å². The highest BCUT2D eigenvalue weighted by atomic mass is 32.2. The van der Waals surface area contributed by atoms with E-state index >= 15 is 0 Å². The van der Waals surface area contributed by atoms with Crippen LogP contribution in [-0.2, 0) is 9.59 Å². The van der Waals surface area contributed by atoms with Crippen LogP contribution in [-0.4, -0.2) is 80.3 Å². The molecule has 2 fully saturated rings. The maximum absolute atomic E-state index is 13.6. The topological polar surface area (TPSA) is 98.5 Å². The Morgan fingerprint density at radius 3 is 2.63 bits per heavy atom. The van der Waals surface area contributed by atoms with Crippen molar-refractivity contribution in [1.82, 2.24) is 19.2 Å². The molecule has 4 rings (SSSR count). The van der Waals surface area contributed by atoms with Crippen molar-refractivity contribution in [2.45, 2.75) is 32.6 Å². The van der Waals surface area contributed by atoms with E-state index in [4.69, 9.17) is 22.3 Å². The third-order valence-electron chi connectivity index (χ3n) is 6.21. The van der Waals surface area contributed by atoms with Crippen molar-refractivity contribution < 1.29 is 14.7 Å². The Hall–Kier alpha value is -2.76. The third kappa shape index (κ3) is 5.74. The van der Waals surface area contributed by atoms with Crippen LogP contribution in [0, 0.1) is 6.92 Å². The summed E-state index contributed by atoms with van der Waals surface area (Å²) in [6.07, 6.45) is 5.45. The molecule has 2 saturated heterocycles. The molecule has 0 aromatic carbocycles. The van der Waals surface area contributed by atoms with E-state index in [1.807, 2.05) is 19.1 Å². The molecule has 0 saturated carbocycles. The number of hydrogen-bond donors (Lipinski definition) is 1. The number of pyridine rings is 1. The first kappa shape index (κ1) is 25.3. The van der Waals surface area contributed by atoms with Crippen LogP contribution >= 0.6 is 24.0 Å². The van der Waals surface area contributed by atoms with E-state index in [1.165, 1.54) is 16.2 Å². The van der Waals surface area contributed by atoms with E-state index < -0.39 is 5.97 Å². The molecule has 35 heavy (non-hydrogen) atoms. The average Bonchev–Trinajstić information content (AvgIpc) is 3.08. The van der Waals surface area contributed by atoms with E-state index in [-0.39, 0.29) is 17.9 Å². The molecular weight excluding hydrogens is 486 g/mol. The van der Waals surface area contributed by atoms with Crippen molar-refractivity contribution in [3.8, 4) is 0 Å². The Balaban J connectivity index is 1.64. The number of unbranched alkanes of at least 4 members (excludes halogenated alkanes) is 2. The molecule has 0 bridgehead atoms. The minimum absolute atomic E-state index is 0.117. The molecule has 1 amide bonds. The molecular formula is C24H29N5O4S2. The van der Waals surface area contributed by atoms with Gasteiger partial charge in [-0.1, -0.05) is 36.5 Å². The predicted molar refractivity (Wildman–Crippen MR) is 142 cm³/mol. The first-order valence-corrected chi connectivity index (χ1v) is 12.9. The average molecular weight is 516 g/mol.